The van der Waals surface area contributed by atoms with Crippen LogP contribution in [0.1, 0.15) is 25.8 Å². The maximum absolute atomic E-state index is 12.3. The van der Waals surface area contributed by atoms with Crippen molar-refractivity contribution in [1.82, 2.24) is 9.80 Å². The van der Waals surface area contributed by atoms with Crippen molar-refractivity contribution < 1.29 is 14.3 Å². The summed E-state index contributed by atoms with van der Waals surface area (Å²) in [5.74, 6) is 0.845. The first-order chi connectivity index (χ1) is 11.0. The fraction of sp³-hybridized carbons (Fsp3) is 0.556. The summed E-state index contributed by atoms with van der Waals surface area (Å²) in [5.41, 5.74) is 1.16. The van der Waals surface area contributed by atoms with E-state index < -0.39 is 0 Å². The van der Waals surface area contributed by atoms with Gasteiger partial charge in [-0.25, -0.2) is 0 Å². The van der Waals surface area contributed by atoms with Crippen molar-refractivity contribution in [3.8, 4) is 5.75 Å². The van der Waals surface area contributed by atoms with E-state index in [1.807, 2.05) is 49.9 Å². The topological polar surface area (TPSA) is 49.9 Å². The molecule has 5 heteroatoms. The third-order valence-corrected chi connectivity index (χ3v) is 4.04. The van der Waals surface area contributed by atoms with Crippen LogP contribution in [0.5, 0.6) is 5.75 Å². The molecule has 0 saturated carbocycles. The molecule has 2 rings (SSSR count). The zero-order chi connectivity index (χ0) is 16.8. The molecule has 0 unspecified atom stereocenters. The van der Waals surface area contributed by atoms with E-state index in [9.17, 15) is 9.59 Å². The van der Waals surface area contributed by atoms with Crippen LogP contribution < -0.4 is 4.74 Å². The molecule has 0 N–H and O–H groups in total. The van der Waals surface area contributed by atoms with E-state index >= 15 is 0 Å². The van der Waals surface area contributed by atoms with E-state index in [0.717, 1.165) is 18.5 Å². The summed E-state index contributed by atoms with van der Waals surface area (Å²) in [6.07, 6.45) is 0.814. The highest BCUT2D eigenvalue weighted by atomic mass is 16.5. The van der Waals surface area contributed by atoms with Gasteiger partial charge in [0.25, 0.3) is 5.91 Å². The number of benzene rings is 1. The lowest BCUT2D eigenvalue weighted by molar-refractivity contribution is -0.136. The SMILES string of the molecule is Cc1ccc(OCC(=O)N2CCCN(C(=O)C(C)C)CC2)cc1. The molecule has 1 aromatic rings. The van der Waals surface area contributed by atoms with Crippen LogP contribution in [-0.2, 0) is 9.59 Å². The minimum absolute atomic E-state index is 0.00196. The molecule has 0 atom stereocenters. The van der Waals surface area contributed by atoms with Crippen molar-refractivity contribution in [3.63, 3.8) is 0 Å². The largest absolute Gasteiger partial charge is 0.484 e. The highest BCUT2D eigenvalue weighted by Crippen LogP contribution is 2.12. The maximum Gasteiger partial charge on any atom is 0.260 e. The number of hydrogen-bond acceptors (Lipinski definition) is 3. The van der Waals surface area contributed by atoms with Crippen molar-refractivity contribution in [2.24, 2.45) is 5.92 Å². The number of amides is 2. The normalized spacial score (nSPS) is 15.5. The van der Waals surface area contributed by atoms with Crippen LogP contribution in [0.4, 0.5) is 0 Å². The van der Waals surface area contributed by atoms with Gasteiger partial charge in [0, 0.05) is 32.1 Å². The number of aryl methyl sites for hydroxylation is 1. The number of carbonyl (C=O) groups excluding carboxylic acids is 2. The quantitative estimate of drug-likeness (QED) is 0.854. The highest BCUT2D eigenvalue weighted by molar-refractivity contribution is 5.79. The molecule has 0 radical (unpaired) electrons. The Balaban J connectivity index is 1.83. The van der Waals surface area contributed by atoms with Gasteiger partial charge in [0.2, 0.25) is 5.91 Å². The van der Waals surface area contributed by atoms with Crippen LogP contribution in [0.2, 0.25) is 0 Å². The fourth-order valence-electron chi connectivity index (χ4n) is 2.62. The second kappa shape index (κ2) is 7.99. The molecule has 1 aromatic carbocycles. The van der Waals surface area contributed by atoms with Crippen LogP contribution in [0.15, 0.2) is 24.3 Å². The number of ether oxygens (including phenoxy) is 1. The van der Waals surface area contributed by atoms with Gasteiger partial charge in [-0.05, 0) is 25.5 Å². The standard InChI is InChI=1S/C18H26N2O3/c1-14(2)18(22)20-10-4-9-19(11-12-20)17(21)13-23-16-7-5-15(3)6-8-16/h5-8,14H,4,9-13H2,1-3H3. The summed E-state index contributed by atoms with van der Waals surface area (Å²) in [4.78, 5) is 28.0. The second-order valence-corrected chi connectivity index (χ2v) is 6.32. The monoisotopic (exact) mass is 318 g/mol. The molecule has 1 saturated heterocycles. The van der Waals surface area contributed by atoms with E-state index in [0.29, 0.717) is 25.4 Å². The maximum atomic E-state index is 12.3. The molecule has 23 heavy (non-hydrogen) atoms. The Morgan fingerprint density at radius 2 is 1.65 bits per heavy atom. The van der Waals surface area contributed by atoms with Gasteiger partial charge in [0.05, 0.1) is 0 Å². The van der Waals surface area contributed by atoms with Crippen LogP contribution in [-0.4, -0.2) is 54.4 Å². The Kier molecular flexibility index (Phi) is 6.02. The van der Waals surface area contributed by atoms with Gasteiger partial charge in [-0.1, -0.05) is 31.5 Å². The zero-order valence-corrected chi connectivity index (χ0v) is 14.2. The van der Waals surface area contributed by atoms with Gasteiger partial charge >= 0.3 is 0 Å². The molecular formula is C18H26N2O3. The van der Waals surface area contributed by atoms with Gasteiger partial charge in [-0.15, -0.1) is 0 Å². The summed E-state index contributed by atoms with van der Waals surface area (Å²) in [6.45, 7) is 8.45. The smallest absolute Gasteiger partial charge is 0.260 e. The first-order valence-electron chi connectivity index (χ1n) is 8.23. The molecule has 1 aliphatic heterocycles. The van der Waals surface area contributed by atoms with Gasteiger partial charge in [0.15, 0.2) is 6.61 Å². The van der Waals surface area contributed by atoms with Crippen molar-refractivity contribution >= 4 is 11.8 Å². The van der Waals surface area contributed by atoms with Crippen molar-refractivity contribution in [2.75, 3.05) is 32.8 Å². The molecule has 1 heterocycles. The first kappa shape index (κ1) is 17.3. The van der Waals surface area contributed by atoms with Gasteiger partial charge < -0.3 is 14.5 Å². The Hall–Kier alpha value is -2.04. The molecule has 2 amide bonds. The van der Waals surface area contributed by atoms with Crippen LogP contribution in [0.3, 0.4) is 0 Å². The van der Waals surface area contributed by atoms with E-state index in [-0.39, 0.29) is 24.3 Å². The van der Waals surface area contributed by atoms with Crippen molar-refractivity contribution in [3.05, 3.63) is 29.8 Å². The average Bonchev–Trinajstić information content (AvgIpc) is 2.79. The summed E-state index contributed by atoms with van der Waals surface area (Å²) in [7, 11) is 0. The summed E-state index contributed by atoms with van der Waals surface area (Å²) in [5, 5.41) is 0. The fourth-order valence-corrected chi connectivity index (χ4v) is 2.62. The Morgan fingerprint density at radius 3 is 2.30 bits per heavy atom. The lowest BCUT2D eigenvalue weighted by Gasteiger charge is -2.23. The number of nitrogens with zero attached hydrogens (tertiary/aromatic N) is 2. The summed E-state index contributed by atoms with van der Waals surface area (Å²) < 4.78 is 5.56. The van der Waals surface area contributed by atoms with Crippen molar-refractivity contribution in [2.45, 2.75) is 27.2 Å². The van der Waals surface area contributed by atoms with Crippen molar-refractivity contribution in [1.29, 1.82) is 0 Å². The van der Waals surface area contributed by atoms with E-state index in [1.165, 1.54) is 0 Å². The first-order valence-corrected chi connectivity index (χ1v) is 8.23. The van der Waals surface area contributed by atoms with E-state index in [2.05, 4.69) is 0 Å². The van der Waals surface area contributed by atoms with Crippen LogP contribution in [0, 0.1) is 12.8 Å². The third kappa shape index (κ3) is 4.98. The second-order valence-electron chi connectivity index (χ2n) is 6.32. The molecule has 1 aliphatic rings. The van der Waals surface area contributed by atoms with E-state index in [1.54, 1.807) is 4.90 Å². The minimum Gasteiger partial charge on any atom is -0.484 e. The van der Waals surface area contributed by atoms with Gasteiger partial charge in [0.1, 0.15) is 5.75 Å². The summed E-state index contributed by atoms with van der Waals surface area (Å²) >= 11 is 0. The molecule has 5 nitrogen and oxygen atoms in total. The highest BCUT2D eigenvalue weighted by Gasteiger charge is 2.23. The molecule has 0 bridgehead atoms. The zero-order valence-electron chi connectivity index (χ0n) is 14.2. The molecular weight excluding hydrogens is 292 g/mol. The van der Waals surface area contributed by atoms with Crippen LogP contribution >= 0.6 is 0 Å². The minimum atomic E-state index is -0.0237. The predicted molar refractivity (Wildman–Crippen MR) is 89.3 cm³/mol. The molecule has 0 aromatic heterocycles. The van der Waals surface area contributed by atoms with Gasteiger partial charge in [-0.3, -0.25) is 9.59 Å². The third-order valence-electron chi connectivity index (χ3n) is 4.04. The number of hydrogen-bond donors (Lipinski definition) is 0. The molecule has 0 spiro atoms. The molecule has 126 valence electrons. The Morgan fingerprint density at radius 1 is 1.04 bits per heavy atom. The molecule has 0 aliphatic carbocycles. The van der Waals surface area contributed by atoms with Gasteiger partial charge in [-0.2, -0.15) is 0 Å². The Bertz CT molecular complexity index is 540. The lowest BCUT2D eigenvalue weighted by Crippen LogP contribution is -2.40. The number of carbonyl (C=O) groups is 2. The van der Waals surface area contributed by atoms with E-state index in [4.69, 9.17) is 4.74 Å². The lowest BCUT2D eigenvalue weighted by atomic mass is 10.2. The number of rotatable bonds is 4. The average molecular weight is 318 g/mol. The summed E-state index contributed by atoms with van der Waals surface area (Å²) in [6, 6.07) is 7.66. The van der Waals surface area contributed by atoms with Crippen LogP contribution in [0.25, 0.3) is 0 Å². The predicted octanol–water partition coefficient (Wildman–Crippen LogP) is 2.09. The molecule has 1 fully saturated rings. The Labute approximate surface area is 138 Å².